The Labute approximate surface area is 186 Å². The molecule has 0 aromatic carbocycles. The van der Waals surface area contributed by atoms with Crippen molar-refractivity contribution in [2.75, 3.05) is 0 Å². The first kappa shape index (κ1) is 24.7. The summed E-state index contributed by atoms with van der Waals surface area (Å²) in [6, 6.07) is 0. The van der Waals surface area contributed by atoms with Crippen LogP contribution >= 0.6 is 0 Å². The molecule has 1 radical (unpaired) electrons. The first-order valence-electron chi connectivity index (χ1n) is 9.23. The van der Waals surface area contributed by atoms with Crippen molar-refractivity contribution < 1.29 is 37.3 Å². The average Bonchev–Trinajstić information content (AvgIpc) is 3.29. The summed E-state index contributed by atoms with van der Waals surface area (Å²) in [5.41, 5.74) is 4.10. The van der Waals surface area contributed by atoms with Gasteiger partial charge in [0.1, 0.15) is 0 Å². The van der Waals surface area contributed by atoms with Crippen LogP contribution in [0.1, 0.15) is 60.8 Å². The zero-order chi connectivity index (χ0) is 17.9. The van der Waals surface area contributed by atoms with E-state index in [4.69, 9.17) is 0 Å². The SMILES string of the molecule is CC(C)C1=[C-]CC=C1.CC(C)C1=[C-]CC=C1.CC(C)C1=[C-]CC=C1.[Er+3]. The third-order valence-corrected chi connectivity index (χ3v) is 4.03. The molecule has 0 bridgehead atoms. The van der Waals surface area contributed by atoms with Gasteiger partial charge in [0.25, 0.3) is 0 Å². The van der Waals surface area contributed by atoms with Crippen molar-refractivity contribution in [3.8, 4) is 0 Å². The van der Waals surface area contributed by atoms with Crippen molar-refractivity contribution in [1.82, 2.24) is 0 Å². The van der Waals surface area contributed by atoms with Gasteiger partial charge >= 0.3 is 37.3 Å². The van der Waals surface area contributed by atoms with Crippen LogP contribution < -0.4 is 0 Å². The Morgan fingerprint density at radius 1 is 0.560 bits per heavy atom. The largest absolute Gasteiger partial charge is 3.00 e. The summed E-state index contributed by atoms with van der Waals surface area (Å²) in [7, 11) is 0. The molecule has 0 atom stereocenters. The Balaban J connectivity index is 0.000000339. The molecule has 0 spiro atoms. The molecule has 3 aliphatic rings. The van der Waals surface area contributed by atoms with Crippen molar-refractivity contribution in [3.05, 3.63) is 71.4 Å². The van der Waals surface area contributed by atoms with Gasteiger partial charge in [-0.25, -0.2) is 34.9 Å². The van der Waals surface area contributed by atoms with Crippen molar-refractivity contribution in [1.29, 1.82) is 0 Å². The molecular weight excluding hydrogens is 456 g/mol. The average molecular weight is 489 g/mol. The summed E-state index contributed by atoms with van der Waals surface area (Å²) >= 11 is 0. The minimum Gasteiger partial charge on any atom is -0.269 e. The van der Waals surface area contributed by atoms with Gasteiger partial charge in [0.05, 0.1) is 0 Å². The second-order valence-electron chi connectivity index (χ2n) is 7.18. The van der Waals surface area contributed by atoms with Crippen LogP contribution in [-0.4, -0.2) is 0 Å². The Kier molecular flexibility index (Phi) is 13.7. The van der Waals surface area contributed by atoms with Crippen LogP contribution in [0.15, 0.2) is 53.2 Å². The molecule has 0 saturated carbocycles. The van der Waals surface area contributed by atoms with E-state index in [1.54, 1.807) is 0 Å². The Morgan fingerprint density at radius 3 is 0.880 bits per heavy atom. The molecule has 25 heavy (non-hydrogen) atoms. The van der Waals surface area contributed by atoms with Crippen LogP contribution in [0, 0.1) is 73.3 Å². The normalized spacial score (nSPS) is 16.9. The standard InChI is InChI=1S/3C8H11.Er/c3*1-7(2)8-5-3-4-6-8;/h3*3,5,7H,4H2,1-2H3;/q3*-1;+3. The maximum atomic E-state index is 3.26. The third-order valence-electron chi connectivity index (χ3n) is 4.03. The topological polar surface area (TPSA) is 0 Å². The minimum absolute atomic E-state index is 0. The molecular formula is C24H33Er. The maximum Gasteiger partial charge on any atom is 3.00 e. The van der Waals surface area contributed by atoms with E-state index in [2.05, 4.69) is 96.2 Å². The van der Waals surface area contributed by atoms with Gasteiger partial charge in [-0.3, -0.25) is 18.2 Å². The predicted octanol–water partition coefficient (Wildman–Crippen LogP) is 7.00. The van der Waals surface area contributed by atoms with E-state index < -0.39 is 0 Å². The van der Waals surface area contributed by atoms with Gasteiger partial charge < -0.3 is 0 Å². The summed E-state index contributed by atoms with van der Waals surface area (Å²) < 4.78 is 0. The van der Waals surface area contributed by atoms with Crippen molar-refractivity contribution in [3.63, 3.8) is 0 Å². The van der Waals surface area contributed by atoms with Crippen LogP contribution in [0.25, 0.3) is 0 Å². The summed E-state index contributed by atoms with van der Waals surface area (Å²) in [4.78, 5) is 0. The fourth-order valence-corrected chi connectivity index (χ4v) is 2.45. The molecule has 0 aliphatic heterocycles. The summed E-state index contributed by atoms with van der Waals surface area (Å²) in [5.74, 6) is 1.98. The molecule has 1 heteroatoms. The van der Waals surface area contributed by atoms with E-state index in [1.165, 1.54) is 16.7 Å². The third kappa shape index (κ3) is 10.4. The molecule has 0 nitrogen and oxygen atoms in total. The van der Waals surface area contributed by atoms with Gasteiger partial charge in [0.2, 0.25) is 0 Å². The molecule has 0 N–H and O–H groups in total. The van der Waals surface area contributed by atoms with E-state index in [9.17, 15) is 0 Å². The molecule has 141 valence electrons. The van der Waals surface area contributed by atoms with Crippen molar-refractivity contribution >= 4 is 0 Å². The Hall–Kier alpha value is -0.313. The quantitative estimate of drug-likeness (QED) is 0.375. The van der Waals surface area contributed by atoms with Gasteiger partial charge in [0.15, 0.2) is 0 Å². The number of allylic oxidation sites excluding steroid dienone is 12. The Morgan fingerprint density at radius 2 is 0.800 bits per heavy atom. The van der Waals surface area contributed by atoms with Gasteiger partial charge in [0, 0.05) is 0 Å². The molecule has 0 aromatic heterocycles. The van der Waals surface area contributed by atoms with Crippen LogP contribution in [0.3, 0.4) is 0 Å². The van der Waals surface area contributed by atoms with Gasteiger partial charge in [-0.05, 0) is 0 Å². The van der Waals surface area contributed by atoms with E-state index in [1.807, 2.05) is 0 Å². The van der Waals surface area contributed by atoms with E-state index >= 15 is 0 Å². The van der Waals surface area contributed by atoms with Crippen LogP contribution in [-0.2, 0) is 0 Å². The van der Waals surface area contributed by atoms with E-state index in [0.29, 0.717) is 17.8 Å². The summed E-state index contributed by atoms with van der Waals surface area (Å²) in [5, 5.41) is 0. The second-order valence-corrected chi connectivity index (χ2v) is 7.18. The van der Waals surface area contributed by atoms with Crippen molar-refractivity contribution in [2.24, 2.45) is 17.8 Å². The summed E-state index contributed by atoms with van der Waals surface area (Å²) in [6.07, 6.45) is 25.8. The molecule has 0 saturated heterocycles. The zero-order valence-electron chi connectivity index (χ0n) is 16.6. The second kappa shape index (κ2) is 13.8. The van der Waals surface area contributed by atoms with Crippen molar-refractivity contribution in [2.45, 2.75) is 60.8 Å². The maximum absolute atomic E-state index is 3.26. The smallest absolute Gasteiger partial charge is 0.269 e. The zero-order valence-corrected chi connectivity index (χ0v) is 18.5. The molecule has 0 fully saturated rings. The van der Waals surface area contributed by atoms with Crippen LogP contribution in [0.5, 0.6) is 0 Å². The first-order valence-corrected chi connectivity index (χ1v) is 9.23. The predicted molar refractivity (Wildman–Crippen MR) is 106 cm³/mol. The monoisotopic (exact) mass is 487 g/mol. The van der Waals surface area contributed by atoms with Gasteiger partial charge in [-0.2, -0.15) is 18.2 Å². The molecule has 0 unspecified atom stereocenters. The summed E-state index contributed by atoms with van der Waals surface area (Å²) in [6.45, 7) is 13.2. The number of hydrogen-bond donors (Lipinski definition) is 0. The molecule has 0 heterocycles. The molecule has 0 amide bonds. The minimum atomic E-state index is 0. The van der Waals surface area contributed by atoms with E-state index in [-0.39, 0.29) is 37.3 Å². The van der Waals surface area contributed by atoms with Gasteiger partial charge in [-0.15, -0.1) is 19.3 Å². The van der Waals surface area contributed by atoms with Gasteiger partial charge in [-0.1, -0.05) is 59.3 Å². The van der Waals surface area contributed by atoms with E-state index in [0.717, 1.165) is 19.3 Å². The number of hydrogen-bond acceptors (Lipinski definition) is 0. The van der Waals surface area contributed by atoms with Crippen LogP contribution in [0.4, 0.5) is 0 Å². The van der Waals surface area contributed by atoms with Crippen LogP contribution in [0.2, 0.25) is 0 Å². The number of rotatable bonds is 3. The first-order chi connectivity index (χ1) is 11.4. The molecule has 3 aliphatic carbocycles. The Bertz CT molecular complexity index is 468. The molecule has 0 aromatic rings. The fraction of sp³-hybridized carbons (Fsp3) is 0.500. The fourth-order valence-electron chi connectivity index (χ4n) is 2.45. The molecule has 3 rings (SSSR count).